The first kappa shape index (κ1) is 12.6. The Hall–Kier alpha value is -2.40. The van der Waals surface area contributed by atoms with E-state index in [1.165, 1.54) is 0 Å². The number of anilines is 1. The van der Waals surface area contributed by atoms with Gasteiger partial charge in [0.25, 0.3) is 5.89 Å². The summed E-state index contributed by atoms with van der Waals surface area (Å²) in [4.78, 5) is 8.38. The number of nitrogen functional groups attached to an aromatic ring is 1. The molecule has 0 unspecified atom stereocenters. The lowest BCUT2D eigenvalue weighted by Gasteiger charge is -1.99. The predicted molar refractivity (Wildman–Crippen MR) is 76.2 cm³/mol. The lowest BCUT2D eigenvalue weighted by atomic mass is 10.2. The molecule has 3 rings (SSSR count). The van der Waals surface area contributed by atoms with Crippen molar-refractivity contribution in [1.29, 1.82) is 0 Å². The number of pyridine rings is 1. The maximum Gasteiger partial charge on any atom is 0.259 e. The van der Waals surface area contributed by atoms with Gasteiger partial charge in [-0.2, -0.15) is 4.98 Å². The number of benzene rings is 1. The highest BCUT2D eigenvalue weighted by atomic mass is 35.5. The fraction of sp³-hybridized carbons (Fsp3) is 0.0714. The van der Waals surface area contributed by atoms with Crippen molar-refractivity contribution in [3.05, 3.63) is 59.1 Å². The Balaban J connectivity index is 1.88. The first-order valence-corrected chi connectivity index (χ1v) is 6.37. The van der Waals surface area contributed by atoms with Gasteiger partial charge in [-0.05, 0) is 29.8 Å². The molecule has 2 aromatic heterocycles. The Labute approximate surface area is 120 Å². The van der Waals surface area contributed by atoms with E-state index in [0.29, 0.717) is 34.4 Å². The molecule has 5 nitrogen and oxygen atoms in total. The molecule has 0 aliphatic heterocycles. The summed E-state index contributed by atoms with van der Waals surface area (Å²) in [5, 5.41) is 4.47. The van der Waals surface area contributed by atoms with Crippen molar-refractivity contribution in [3.63, 3.8) is 0 Å². The van der Waals surface area contributed by atoms with Crippen molar-refractivity contribution < 1.29 is 4.52 Å². The minimum Gasteiger partial charge on any atom is -0.399 e. The van der Waals surface area contributed by atoms with Crippen LogP contribution in [-0.4, -0.2) is 15.1 Å². The third kappa shape index (κ3) is 2.62. The maximum atomic E-state index is 6.11. The molecule has 0 saturated heterocycles. The van der Waals surface area contributed by atoms with Gasteiger partial charge in [0.15, 0.2) is 5.82 Å². The van der Waals surface area contributed by atoms with Gasteiger partial charge in [0.2, 0.25) is 0 Å². The summed E-state index contributed by atoms with van der Waals surface area (Å²) < 4.78 is 5.24. The van der Waals surface area contributed by atoms with Crippen LogP contribution in [0.25, 0.3) is 11.5 Å². The van der Waals surface area contributed by atoms with Crippen LogP contribution < -0.4 is 5.73 Å². The van der Waals surface area contributed by atoms with E-state index in [-0.39, 0.29) is 0 Å². The largest absolute Gasteiger partial charge is 0.399 e. The second kappa shape index (κ2) is 5.30. The number of nitrogens with zero attached hydrogens (tertiary/aromatic N) is 3. The molecular formula is C14H11ClN4O. The topological polar surface area (TPSA) is 77.8 Å². The lowest BCUT2D eigenvalue weighted by Crippen LogP contribution is -1.91. The van der Waals surface area contributed by atoms with Crippen molar-refractivity contribution in [3.8, 4) is 11.5 Å². The van der Waals surface area contributed by atoms with E-state index < -0.39 is 0 Å². The van der Waals surface area contributed by atoms with Gasteiger partial charge in [0.05, 0.1) is 10.6 Å². The molecule has 20 heavy (non-hydrogen) atoms. The standard InChI is InChI=1S/C14H11ClN4O/c15-12-4-3-10(16)7-11(12)14-18-13(19-20-14)6-9-2-1-5-17-8-9/h1-5,7-8H,6,16H2. The van der Waals surface area contributed by atoms with Crippen LogP contribution in [0.5, 0.6) is 0 Å². The Morgan fingerprint density at radius 1 is 1.25 bits per heavy atom. The number of aromatic nitrogens is 3. The van der Waals surface area contributed by atoms with Gasteiger partial charge in [-0.1, -0.05) is 22.8 Å². The van der Waals surface area contributed by atoms with Gasteiger partial charge in [-0.3, -0.25) is 4.98 Å². The molecule has 0 spiro atoms. The monoisotopic (exact) mass is 286 g/mol. The third-order valence-electron chi connectivity index (χ3n) is 2.77. The van der Waals surface area contributed by atoms with Crippen LogP contribution in [0.3, 0.4) is 0 Å². The molecule has 2 heterocycles. The van der Waals surface area contributed by atoms with Crippen LogP contribution in [0.1, 0.15) is 11.4 Å². The van der Waals surface area contributed by atoms with Crippen LogP contribution in [0.15, 0.2) is 47.2 Å². The zero-order valence-electron chi connectivity index (χ0n) is 10.5. The Bertz CT molecular complexity index is 727. The molecular weight excluding hydrogens is 276 g/mol. The summed E-state index contributed by atoms with van der Waals surface area (Å²) in [5.74, 6) is 0.938. The van der Waals surface area contributed by atoms with E-state index in [4.69, 9.17) is 21.9 Å². The molecule has 0 radical (unpaired) electrons. The van der Waals surface area contributed by atoms with Gasteiger partial charge in [-0.25, -0.2) is 0 Å². The molecule has 0 bridgehead atoms. The Morgan fingerprint density at radius 3 is 2.95 bits per heavy atom. The van der Waals surface area contributed by atoms with E-state index in [1.807, 2.05) is 12.1 Å². The highest BCUT2D eigenvalue weighted by Crippen LogP contribution is 2.28. The summed E-state index contributed by atoms with van der Waals surface area (Å²) >= 11 is 6.11. The lowest BCUT2D eigenvalue weighted by molar-refractivity contribution is 0.424. The summed E-state index contributed by atoms with van der Waals surface area (Å²) in [6.07, 6.45) is 4.04. The molecule has 2 N–H and O–H groups in total. The average molecular weight is 287 g/mol. The number of rotatable bonds is 3. The van der Waals surface area contributed by atoms with Gasteiger partial charge >= 0.3 is 0 Å². The average Bonchev–Trinajstić information content (AvgIpc) is 2.91. The SMILES string of the molecule is Nc1ccc(Cl)c(-c2nc(Cc3cccnc3)no2)c1. The molecule has 0 aliphatic rings. The molecule has 3 aromatic rings. The summed E-state index contributed by atoms with van der Waals surface area (Å²) in [7, 11) is 0. The molecule has 0 aliphatic carbocycles. The summed E-state index contributed by atoms with van der Waals surface area (Å²) in [5.41, 5.74) is 7.98. The van der Waals surface area contributed by atoms with Crippen LogP contribution in [0, 0.1) is 0 Å². The normalized spacial score (nSPS) is 10.7. The van der Waals surface area contributed by atoms with Gasteiger partial charge in [0.1, 0.15) is 0 Å². The van der Waals surface area contributed by atoms with Crippen LogP contribution in [-0.2, 0) is 6.42 Å². The van der Waals surface area contributed by atoms with Gasteiger partial charge in [0, 0.05) is 24.5 Å². The first-order valence-electron chi connectivity index (χ1n) is 5.99. The Morgan fingerprint density at radius 2 is 2.15 bits per heavy atom. The van der Waals surface area contributed by atoms with Crippen molar-refractivity contribution >= 4 is 17.3 Å². The number of hydrogen-bond donors (Lipinski definition) is 1. The van der Waals surface area contributed by atoms with Crippen molar-refractivity contribution in [2.45, 2.75) is 6.42 Å². The minimum absolute atomic E-state index is 0.362. The number of halogens is 1. The highest BCUT2D eigenvalue weighted by molar-refractivity contribution is 6.33. The van der Waals surface area contributed by atoms with E-state index >= 15 is 0 Å². The molecule has 1 aromatic carbocycles. The fourth-order valence-corrected chi connectivity index (χ4v) is 2.03. The van der Waals surface area contributed by atoms with E-state index in [1.54, 1.807) is 30.6 Å². The van der Waals surface area contributed by atoms with E-state index in [0.717, 1.165) is 5.56 Å². The number of hydrogen-bond acceptors (Lipinski definition) is 5. The first-order chi connectivity index (χ1) is 9.72. The second-order valence-electron chi connectivity index (χ2n) is 4.29. The molecule has 0 atom stereocenters. The molecule has 0 amide bonds. The molecule has 0 fully saturated rings. The summed E-state index contributed by atoms with van der Waals surface area (Å²) in [6, 6.07) is 8.96. The van der Waals surface area contributed by atoms with Crippen molar-refractivity contribution in [1.82, 2.24) is 15.1 Å². The zero-order chi connectivity index (χ0) is 13.9. The van der Waals surface area contributed by atoms with Gasteiger partial charge < -0.3 is 10.3 Å². The third-order valence-corrected chi connectivity index (χ3v) is 3.10. The smallest absolute Gasteiger partial charge is 0.259 e. The van der Waals surface area contributed by atoms with E-state index in [9.17, 15) is 0 Å². The highest BCUT2D eigenvalue weighted by Gasteiger charge is 2.13. The predicted octanol–water partition coefficient (Wildman–Crippen LogP) is 2.96. The van der Waals surface area contributed by atoms with Crippen molar-refractivity contribution in [2.75, 3.05) is 5.73 Å². The number of nitrogens with two attached hydrogens (primary N) is 1. The summed E-state index contributed by atoms with van der Waals surface area (Å²) in [6.45, 7) is 0. The van der Waals surface area contributed by atoms with E-state index in [2.05, 4.69) is 15.1 Å². The Kier molecular flexibility index (Phi) is 3.35. The minimum atomic E-state index is 0.362. The zero-order valence-corrected chi connectivity index (χ0v) is 11.2. The van der Waals surface area contributed by atoms with Gasteiger partial charge in [-0.15, -0.1) is 0 Å². The maximum absolute atomic E-state index is 6.11. The van der Waals surface area contributed by atoms with Crippen LogP contribution in [0.4, 0.5) is 5.69 Å². The quantitative estimate of drug-likeness (QED) is 0.749. The van der Waals surface area contributed by atoms with Crippen LogP contribution >= 0.6 is 11.6 Å². The van der Waals surface area contributed by atoms with Crippen molar-refractivity contribution in [2.24, 2.45) is 0 Å². The van der Waals surface area contributed by atoms with Crippen LogP contribution in [0.2, 0.25) is 5.02 Å². The molecule has 100 valence electrons. The molecule has 0 saturated carbocycles. The fourth-order valence-electron chi connectivity index (χ4n) is 1.83. The second-order valence-corrected chi connectivity index (χ2v) is 4.70. The molecule has 6 heteroatoms.